The molecule has 4 rings (SSSR count). The number of hydrogen-bond acceptors (Lipinski definition) is 2. The van der Waals surface area contributed by atoms with Crippen molar-refractivity contribution >= 4 is 10.8 Å². The molecule has 0 aromatic heterocycles. The average molecular weight is 267 g/mol. The molecular weight excluding hydrogens is 246 g/mol. The van der Waals surface area contributed by atoms with E-state index >= 15 is 0 Å². The molecule has 2 N–H and O–H groups in total. The Morgan fingerprint density at radius 1 is 1.15 bits per heavy atom. The van der Waals surface area contributed by atoms with E-state index in [9.17, 15) is 0 Å². The summed E-state index contributed by atoms with van der Waals surface area (Å²) in [5.41, 5.74) is 10.9. The third-order valence-electron chi connectivity index (χ3n) is 5.17. The molecule has 0 saturated carbocycles. The summed E-state index contributed by atoms with van der Waals surface area (Å²) in [4.78, 5) is 0. The topological polar surface area (TPSA) is 35.2 Å². The molecule has 1 saturated heterocycles. The Labute approximate surface area is 119 Å². The van der Waals surface area contributed by atoms with Gasteiger partial charge >= 0.3 is 0 Å². The molecule has 0 radical (unpaired) electrons. The van der Waals surface area contributed by atoms with E-state index in [1.54, 1.807) is 0 Å². The van der Waals surface area contributed by atoms with Gasteiger partial charge in [-0.2, -0.15) is 0 Å². The minimum absolute atomic E-state index is 0.0809. The van der Waals surface area contributed by atoms with Gasteiger partial charge in [0.2, 0.25) is 0 Å². The fourth-order valence-corrected chi connectivity index (χ4v) is 4.01. The number of benzene rings is 2. The van der Waals surface area contributed by atoms with Gasteiger partial charge in [0.25, 0.3) is 0 Å². The van der Waals surface area contributed by atoms with E-state index < -0.39 is 0 Å². The molecule has 2 aromatic carbocycles. The molecule has 0 bridgehead atoms. The molecule has 104 valence electrons. The van der Waals surface area contributed by atoms with Gasteiger partial charge in [-0.05, 0) is 53.6 Å². The van der Waals surface area contributed by atoms with E-state index in [2.05, 4.69) is 37.3 Å². The van der Waals surface area contributed by atoms with Crippen molar-refractivity contribution < 1.29 is 4.74 Å². The van der Waals surface area contributed by atoms with E-state index in [1.165, 1.54) is 40.3 Å². The number of ether oxygens (including phenoxy) is 1. The molecule has 3 atom stereocenters. The molecule has 1 fully saturated rings. The van der Waals surface area contributed by atoms with Crippen LogP contribution in [0.5, 0.6) is 0 Å². The Hall–Kier alpha value is -1.38. The van der Waals surface area contributed by atoms with Crippen LogP contribution in [0.4, 0.5) is 0 Å². The third kappa shape index (κ3) is 1.72. The zero-order chi connectivity index (χ0) is 13.7. The summed E-state index contributed by atoms with van der Waals surface area (Å²) in [6.45, 7) is 3.00. The smallest absolute Gasteiger partial charge is 0.0594 e. The number of rotatable bonds is 2. The van der Waals surface area contributed by atoms with Crippen LogP contribution in [0.15, 0.2) is 30.3 Å². The fraction of sp³-hybridized carbons (Fsp3) is 0.444. The van der Waals surface area contributed by atoms with E-state index in [-0.39, 0.29) is 12.1 Å². The molecule has 2 aliphatic rings. The van der Waals surface area contributed by atoms with Crippen LogP contribution in [0.1, 0.15) is 36.1 Å². The Morgan fingerprint density at radius 2 is 1.95 bits per heavy atom. The maximum absolute atomic E-state index is 6.60. The van der Waals surface area contributed by atoms with Gasteiger partial charge in [0.1, 0.15) is 0 Å². The first kappa shape index (κ1) is 12.4. The Balaban J connectivity index is 1.85. The molecule has 2 heteroatoms. The van der Waals surface area contributed by atoms with Crippen molar-refractivity contribution in [2.45, 2.75) is 38.3 Å². The molecule has 1 aliphatic carbocycles. The molecule has 20 heavy (non-hydrogen) atoms. The lowest BCUT2D eigenvalue weighted by atomic mass is 9.86. The minimum Gasteiger partial charge on any atom is -0.378 e. The zero-order valence-corrected chi connectivity index (χ0v) is 11.9. The second kappa shape index (κ2) is 4.57. The highest BCUT2D eigenvalue weighted by Crippen LogP contribution is 2.38. The summed E-state index contributed by atoms with van der Waals surface area (Å²) in [6.07, 6.45) is 3.70. The second-order valence-corrected chi connectivity index (χ2v) is 6.21. The van der Waals surface area contributed by atoms with Crippen molar-refractivity contribution in [2.75, 3.05) is 6.61 Å². The standard InChI is InChI=1S/C18H21NO/c1-11-14(9-10-20-11)18(19)16-8-7-13-6-5-12-3-2-4-15(16)17(12)13/h2-4,7-8,11,14,18H,5-6,9-10,19H2,1H3. The maximum Gasteiger partial charge on any atom is 0.0594 e. The van der Waals surface area contributed by atoms with Crippen molar-refractivity contribution in [3.8, 4) is 0 Å². The van der Waals surface area contributed by atoms with Gasteiger partial charge in [-0.15, -0.1) is 0 Å². The lowest BCUT2D eigenvalue weighted by Gasteiger charge is -2.24. The minimum atomic E-state index is 0.0809. The summed E-state index contributed by atoms with van der Waals surface area (Å²) in [7, 11) is 0. The lowest BCUT2D eigenvalue weighted by molar-refractivity contribution is 0.0996. The van der Waals surface area contributed by atoms with E-state index in [0.717, 1.165) is 13.0 Å². The zero-order valence-electron chi connectivity index (χ0n) is 11.9. The highest BCUT2D eigenvalue weighted by molar-refractivity contribution is 5.93. The summed E-state index contributed by atoms with van der Waals surface area (Å²) >= 11 is 0. The first-order valence-corrected chi connectivity index (χ1v) is 7.66. The Kier molecular flexibility index (Phi) is 2.83. The van der Waals surface area contributed by atoms with E-state index in [1.807, 2.05) is 0 Å². The Morgan fingerprint density at radius 3 is 2.70 bits per heavy atom. The normalized spacial score (nSPS) is 26.3. The van der Waals surface area contributed by atoms with Crippen LogP contribution in [0.25, 0.3) is 10.8 Å². The van der Waals surface area contributed by atoms with Crippen molar-refractivity contribution in [1.29, 1.82) is 0 Å². The molecule has 2 nitrogen and oxygen atoms in total. The predicted molar refractivity (Wildman–Crippen MR) is 81.8 cm³/mol. The highest BCUT2D eigenvalue weighted by Gasteiger charge is 2.31. The van der Waals surface area contributed by atoms with Crippen molar-refractivity contribution in [1.82, 2.24) is 0 Å². The second-order valence-electron chi connectivity index (χ2n) is 6.21. The lowest BCUT2D eigenvalue weighted by Crippen LogP contribution is -2.26. The molecule has 0 spiro atoms. The monoisotopic (exact) mass is 267 g/mol. The number of nitrogens with two attached hydrogens (primary N) is 1. The Bertz CT molecular complexity index is 654. The van der Waals surface area contributed by atoms with Crippen LogP contribution in [0.3, 0.4) is 0 Å². The maximum atomic E-state index is 6.60. The van der Waals surface area contributed by atoms with Crippen LogP contribution in [-0.4, -0.2) is 12.7 Å². The molecule has 3 unspecified atom stereocenters. The largest absolute Gasteiger partial charge is 0.378 e. The average Bonchev–Trinajstić information content (AvgIpc) is 3.07. The van der Waals surface area contributed by atoms with Gasteiger partial charge in [-0.1, -0.05) is 30.3 Å². The molecule has 1 aliphatic heterocycles. The van der Waals surface area contributed by atoms with Crippen LogP contribution < -0.4 is 5.73 Å². The summed E-state index contributed by atoms with van der Waals surface area (Å²) in [5, 5.41) is 2.83. The summed E-state index contributed by atoms with van der Waals surface area (Å²) in [5.74, 6) is 0.438. The first-order chi connectivity index (χ1) is 9.75. The molecule has 2 aromatic rings. The van der Waals surface area contributed by atoms with Gasteiger partial charge in [0.05, 0.1) is 6.10 Å². The fourth-order valence-electron chi connectivity index (χ4n) is 4.01. The molecular formula is C18H21NO. The van der Waals surface area contributed by atoms with Gasteiger partial charge < -0.3 is 10.5 Å². The quantitative estimate of drug-likeness (QED) is 0.905. The highest BCUT2D eigenvalue weighted by atomic mass is 16.5. The van der Waals surface area contributed by atoms with E-state index in [0.29, 0.717) is 5.92 Å². The van der Waals surface area contributed by atoms with Crippen LogP contribution in [0, 0.1) is 5.92 Å². The first-order valence-electron chi connectivity index (χ1n) is 7.66. The number of aryl methyl sites for hydroxylation is 2. The summed E-state index contributed by atoms with van der Waals surface area (Å²) in [6, 6.07) is 11.3. The van der Waals surface area contributed by atoms with Crippen LogP contribution in [-0.2, 0) is 17.6 Å². The van der Waals surface area contributed by atoms with E-state index in [4.69, 9.17) is 10.5 Å². The third-order valence-corrected chi connectivity index (χ3v) is 5.17. The van der Waals surface area contributed by atoms with Crippen molar-refractivity contribution in [3.63, 3.8) is 0 Å². The number of hydrogen-bond donors (Lipinski definition) is 1. The van der Waals surface area contributed by atoms with Gasteiger partial charge in [0, 0.05) is 18.6 Å². The van der Waals surface area contributed by atoms with Gasteiger partial charge in [-0.25, -0.2) is 0 Å². The van der Waals surface area contributed by atoms with Gasteiger partial charge in [0.15, 0.2) is 0 Å². The predicted octanol–water partition coefficient (Wildman–Crippen LogP) is 3.36. The van der Waals surface area contributed by atoms with Crippen molar-refractivity contribution in [2.24, 2.45) is 11.7 Å². The SMILES string of the molecule is CC1OCCC1C(N)c1ccc2c3c(cccc13)CC2. The van der Waals surface area contributed by atoms with Crippen molar-refractivity contribution in [3.05, 3.63) is 47.0 Å². The summed E-state index contributed by atoms with van der Waals surface area (Å²) < 4.78 is 5.70. The van der Waals surface area contributed by atoms with Gasteiger partial charge in [-0.3, -0.25) is 0 Å². The van der Waals surface area contributed by atoms with Crippen LogP contribution in [0.2, 0.25) is 0 Å². The molecule has 0 amide bonds. The molecule has 1 heterocycles. The van der Waals surface area contributed by atoms with Crippen LogP contribution >= 0.6 is 0 Å².